The van der Waals surface area contributed by atoms with E-state index < -0.39 is 58.6 Å². The largest absolute Gasteiger partial charge is 0.438 e. The standard InChI is InChI=1S/C12H15F11O3S/c13-8(14,6-4-2-1-3-5-7-9(15,16)17)10(18,19)11(20,21)12(22,23)27(24,25)26/h1-7H2,(H,24,25,26). The highest BCUT2D eigenvalue weighted by molar-refractivity contribution is 7.87. The molecule has 0 aliphatic heterocycles. The van der Waals surface area contributed by atoms with Crippen molar-refractivity contribution in [2.24, 2.45) is 0 Å². The van der Waals surface area contributed by atoms with E-state index in [2.05, 4.69) is 0 Å². The summed E-state index contributed by atoms with van der Waals surface area (Å²) in [7, 11) is -7.14. The maximum absolute atomic E-state index is 13.4. The van der Waals surface area contributed by atoms with Gasteiger partial charge < -0.3 is 0 Å². The van der Waals surface area contributed by atoms with Crippen molar-refractivity contribution in [1.82, 2.24) is 0 Å². The summed E-state index contributed by atoms with van der Waals surface area (Å²) >= 11 is 0. The van der Waals surface area contributed by atoms with Gasteiger partial charge in [0.2, 0.25) is 0 Å². The first kappa shape index (κ1) is 26.1. The monoisotopic (exact) mass is 448 g/mol. The van der Waals surface area contributed by atoms with Crippen LogP contribution >= 0.6 is 0 Å². The molecule has 0 bridgehead atoms. The molecule has 0 unspecified atom stereocenters. The predicted octanol–water partition coefficient (Wildman–Crippen LogP) is 5.67. The number of hydrogen-bond acceptors (Lipinski definition) is 2. The van der Waals surface area contributed by atoms with Crippen LogP contribution < -0.4 is 0 Å². The van der Waals surface area contributed by atoms with E-state index in [-0.39, 0.29) is 25.7 Å². The van der Waals surface area contributed by atoms with Gasteiger partial charge in [-0.3, -0.25) is 4.55 Å². The highest BCUT2D eigenvalue weighted by Crippen LogP contribution is 2.55. The third-order valence-corrected chi connectivity index (χ3v) is 4.40. The van der Waals surface area contributed by atoms with Crippen LogP contribution in [0.15, 0.2) is 0 Å². The Morgan fingerprint density at radius 1 is 0.593 bits per heavy atom. The molecule has 0 amide bonds. The zero-order chi connectivity index (χ0) is 21.9. The highest BCUT2D eigenvalue weighted by Gasteiger charge is 2.84. The van der Waals surface area contributed by atoms with Crippen molar-refractivity contribution in [2.75, 3.05) is 0 Å². The molecule has 0 aromatic heterocycles. The molecule has 164 valence electrons. The molecular weight excluding hydrogens is 433 g/mol. The molecule has 27 heavy (non-hydrogen) atoms. The first-order valence-electron chi connectivity index (χ1n) is 7.26. The van der Waals surface area contributed by atoms with E-state index in [4.69, 9.17) is 4.55 Å². The molecule has 3 nitrogen and oxygen atoms in total. The topological polar surface area (TPSA) is 54.4 Å². The second kappa shape index (κ2) is 8.25. The van der Waals surface area contributed by atoms with E-state index in [1.54, 1.807) is 0 Å². The Kier molecular flexibility index (Phi) is 7.99. The van der Waals surface area contributed by atoms with E-state index in [0.29, 0.717) is 0 Å². The van der Waals surface area contributed by atoms with Gasteiger partial charge in [-0.1, -0.05) is 19.3 Å². The Morgan fingerprint density at radius 2 is 0.963 bits per heavy atom. The van der Waals surface area contributed by atoms with E-state index in [1.165, 1.54) is 0 Å². The van der Waals surface area contributed by atoms with Crippen LogP contribution in [0.4, 0.5) is 48.3 Å². The molecule has 0 aromatic rings. The van der Waals surface area contributed by atoms with Gasteiger partial charge in [-0.05, 0) is 12.8 Å². The molecule has 0 aliphatic rings. The zero-order valence-electron chi connectivity index (χ0n) is 13.3. The fourth-order valence-corrected chi connectivity index (χ4v) is 2.39. The molecule has 0 aromatic carbocycles. The van der Waals surface area contributed by atoms with Gasteiger partial charge in [0.25, 0.3) is 0 Å². The lowest BCUT2D eigenvalue weighted by Crippen LogP contribution is -2.64. The van der Waals surface area contributed by atoms with Gasteiger partial charge in [0.15, 0.2) is 0 Å². The summed E-state index contributed by atoms with van der Waals surface area (Å²) in [5.74, 6) is -19.8. The maximum Gasteiger partial charge on any atom is 0.438 e. The van der Waals surface area contributed by atoms with Crippen LogP contribution in [0, 0.1) is 0 Å². The Hall–Kier alpha value is -0.860. The van der Waals surface area contributed by atoms with E-state index >= 15 is 0 Å². The number of rotatable bonds is 11. The van der Waals surface area contributed by atoms with Crippen molar-refractivity contribution in [3.05, 3.63) is 0 Å². The maximum atomic E-state index is 13.4. The van der Waals surface area contributed by atoms with Crippen LogP contribution in [0.5, 0.6) is 0 Å². The summed E-state index contributed by atoms with van der Waals surface area (Å²) in [4.78, 5) is 0. The van der Waals surface area contributed by atoms with Crippen molar-refractivity contribution in [3.63, 3.8) is 0 Å². The summed E-state index contributed by atoms with van der Waals surface area (Å²) in [5.41, 5.74) is 0. The van der Waals surface area contributed by atoms with Gasteiger partial charge in [0.1, 0.15) is 0 Å². The van der Waals surface area contributed by atoms with Crippen molar-refractivity contribution < 1.29 is 61.3 Å². The Balaban J connectivity index is 4.89. The first-order chi connectivity index (χ1) is 11.7. The number of unbranched alkanes of at least 4 members (excludes halogenated alkanes) is 4. The van der Waals surface area contributed by atoms with Crippen molar-refractivity contribution in [3.8, 4) is 0 Å². The summed E-state index contributed by atoms with van der Waals surface area (Å²) in [6.45, 7) is 0. The molecule has 0 rings (SSSR count). The number of hydrogen-bond donors (Lipinski definition) is 1. The lowest BCUT2D eigenvalue weighted by atomic mass is 9.98. The fourth-order valence-electron chi connectivity index (χ4n) is 1.93. The third-order valence-electron chi connectivity index (χ3n) is 3.49. The summed E-state index contributed by atoms with van der Waals surface area (Å²) in [5, 5.41) is -6.88. The second-order valence-electron chi connectivity index (χ2n) is 5.73. The SMILES string of the molecule is O=S(=O)(O)C(F)(F)C(F)(F)C(F)(F)C(F)(F)CCCCCCCC(F)(F)F. The predicted molar refractivity (Wildman–Crippen MR) is 69.7 cm³/mol. The molecule has 0 saturated heterocycles. The Bertz CT molecular complexity index is 584. The summed E-state index contributed by atoms with van der Waals surface area (Å²) in [6, 6.07) is 0. The molecule has 0 spiro atoms. The molecule has 0 fully saturated rings. The normalized spacial score (nSPS) is 15.3. The van der Waals surface area contributed by atoms with E-state index in [9.17, 15) is 56.7 Å². The second-order valence-corrected chi connectivity index (χ2v) is 7.19. The minimum atomic E-state index is -7.14. The van der Waals surface area contributed by atoms with Crippen molar-refractivity contribution in [2.45, 2.75) is 74.1 Å². The van der Waals surface area contributed by atoms with E-state index in [0.717, 1.165) is 0 Å². The lowest BCUT2D eigenvalue weighted by molar-refractivity contribution is -0.349. The van der Waals surface area contributed by atoms with Gasteiger partial charge in [0, 0.05) is 12.8 Å². The molecule has 1 N–H and O–H groups in total. The zero-order valence-corrected chi connectivity index (χ0v) is 14.1. The smallest absolute Gasteiger partial charge is 0.281 e. The van der Waals surface area contributed by atoms with Crippen LogP contribution in [0.3, 0.4) is 0 Å². The van der Waals surface area contributed by atoms with Crippen LogP contribution in [0.1, 0.15) is 44.9 Å². The molecule has 15 heteroatoms. The van der Waals surface area contributed by atoms with Gasteiger partial charge in [-0.25, -0.2) is 0 Å². The molecular formula is C12H15F11O3S. The van der Waals surface area contributed by atoms with Gasteiger partial charge in [-0.2, -0.15) is 56.7 Å². The summed E-state index contributed by atoms with van der Waals surface area (Å²) in [6.07, 6.45) is -9.64. The molecule has 0 radical (unpaired) electrons. The average Bonchev–Trinajstić information content (AvgIpc) is 2.43. The van der Waals surface area contributed by atoms with Crippen molar-refractivity contribution >= 4 is 10.1 Å². The van der Waals surface area contributed by atoms with Gasteiger partial charge in [0.05, 0.1) is 0 Å². The van der Waals surface area contributed by atoms with Crippen LogP contribution in [-0.2, 0) is 10.1 Å². The first-order valence-corrected chi connectivity index (χ1v) is 8.70. The van der Waals surface area contributed by atoms with Gasteiger partial charge >= 0.3 is 39.3 Å². The molecule has 0 saturated carbocycles. The van der Waals surface area contributed by atoms with Crippen LogP contribution in [-0.4, -0.2) is 42.2 Å². The van der Waals surface area contributed by atoms with Gasteiger partial charge in [-0.15, -0.1) is 0 Å². The number of alkyl halides is 11. The minimum absolute atomic E-state index is 0.127. The molecule has 0 heterocycles. The highest BCUT2D eigenvalue weighted by atomic mass is 32.2. The Morgan fingerprint density at radius 3 is 1.33 bits per heavy atom. The van der Waals surface area contributed by atoms with Crippen LogP contribution in [0.2, 0.25) is 0 Å². The number of halogens is 11. The molecule has 0 aliphatic carbocycles. The third kappa shape index (κ3) is 6.06. The molecule has 0 atom stereocenters. The average molecular weight is 448 g/mol. The summed E-state index contributed by atoms with van der Waals surface area (Å²) < 4.78 is 169. The van der Waals surface area contributed by atoms with Crippen LogP contribution in [0.25, 0.3) is 0 Å². The Labute approximate surface area is 146 Å². The quantitative estimate of drug-likeness (QED) is 0.252. The fraction of sp³-hybridized carbons (Fsp3) is 1.00. The lowest BCUT2D eigenvalue weighted by Gasteiger charge is -2.35. The van der Waals surface area contributed by atoms with E-state index in [1.807, 2.05) is 0 Å². The minimum Gasteiger partial charge on any atom is -0.281 e. The van der Waals surface area contributed by atoms with Crippen molar-refractivity contribution in [1.29, 1.82) is 0 Å².